The van der Waals surface area contributed by atoms with E-state index in [-0.39, 0.29) is 0 Å². The molecule has 2 rings (SSSR count). The predicted octanol–water partition coefficient (Wildman–Crippen LogP) is 1.95. The lowest BCUT2D eigenvalue weighted by molar-refractivity contribution is 0.694. The third-order valence-corrected chi connectivity index (χ3v) is 2.81. The van der Waals surface area contributed by atoms with Crippen molar-refractivity contribution >= 4 is 11.4 Å². The molecule has 2 aromatic rings. The van der Waals surface area contributed by atoms with Crippen LogP contribution in [0.25, 0.3) is 0 Å². The topological polar surface area (TPSA) is 47.1 Å². The first-order valence-electron chi connectivity index (χ1n) is 5.62. The fraction of sp³-hybridized carbons (Fsp3) is 0.308. The Morgan fingerprint density at radius 1 is 1.35 bits per heavy atom. The van der Waals surface area contributed by atoms with E-state index in [1.54, 1.807) is 0 Å². The molecule has 1 aromatic heterocycles. The van der Waals surface area contributed by atoms with Crippen molar-refractivity contribution in [2.45, 2.75) is 13.5 Å². The lowest BCUT2D eigenvalue weighted by Gasteiger charge is -2.19. The van der Waals surface area contributed by atoms with Crippen LogP contribution in [0, 0.1) is 6.92 Å². The van der Waals surface area contributed by atoms with E-state index in [9.17, 15) is 0 Å². The Hall–Kier alpha value is -1.97. The molecule has 0 spiro atoms. The number of hydrogen-bond donors (Lipinski definition) is 1. The maximum Gasteiger partial charge on any atom is 0.0597 e. The van der Waals surface area contributed by atoms with Crippen molar-refractivity contribution < 1.29 is 0 Å². The molecule has 4 nitrogen and oxygen atoms in total. The maximum atomic E-state index is 5.78. The molecule has 1 heterocycles. The second-order valence-electron chi connectivity index (χ2n) is 4.35. The van der Waals surface area contributed by atoms with Gasteiger partial charge in [-0.1, -0.05) is 6.07 Å². The molecule has 0 aliphatic rings. The summed E-state index contributed by atoms with van der Waals surface area (Å²) in [6.45, 7) is 2.82. The highest BCUT2D eigenvalue weighted by Crippen LogP contribution is 2.18. The monoisotopic (exact) mass is 230 g/mol. The van der Waals surface area contributed by atoms with Gasteiger partial charge in [0.05, 0.1) is 17.9 Å². The fourth-order valence-corrected chi connectivity index (χ4v) is 1.91. The van der Waals surface area contributed by atoms with Gasteiger partial charge in [0.2, 0.25) is 0 Å². The lowest BCUT2D eigenvalue weighted by atomic mass is 10.2. The number of rotatable bonds is 3. The smallest absolute Gasteiger partial charge is 0.0597 e. The molecule has 0 aliphatic heterocycles. The highest BCUT2D eigenvalue weighted by molar-refractivity contribution is 5.55. The summed E-state index contributed by atoms with van der Waals surface area (Å²) in [5.41, 5.74) is 9.91. The maximum absolute atomic E-state index is 5.78. The Morgan fingerprint density at radius 3 is 2.71 bits per heavy atom. The van der Waals surface area contributed by atoms with Gasteiger partial charge in [-0.15, -0.1) is 0 Å². The number of nitrogen functional groups attached to an aromatic ring is 1. The van der Waals surface area contributed by atoms with E-state index in [2.05, 4.69) is 29.2 Å². The predicted molar refractivity (Wildman–Crippen MR) is 70.9 cm³/mol. The highest BCUT2D eigenvalue weighted by atomic mass is 15.3. The van der Waals surface area contributed by atoms with Crippen molar-refractivity contribution in [2.24, 2.45) is 7.05 Å². The first-order chi connectivity index (χ1) is 8.06. The normalized spacial score (nSPS) is 10.5. The SMILES string of the molecule is Cc1cc(CN(C)c2cccc(N)c2)n(C)n1. The van der Waals surface area contributed by atoms with Gasteiger partial charge in [-0.05, 0) is 31.2 Å². The molecule has 0 radical (unpaired) electrons. The average Bonchev–Trinajstić information content (AvgIpc) is 2.57. The molecule has 0 saturated carbocycles. The molecule has 0 bridgehead atoms. The van der Waals surface area contributed by atoms with Crippen LogP contribution in [0.5, 0.6) is 0 Å². The number of aryl methyl sites for hydroxylation is 2. The van der Waals surface area contributed by atoms with Crippen LogP contribution in [0.15, 0.2) is 30.3 Å². The zero-order valence-electron chi connectivity index (χ0n) is 10.5. The Bertz CT molecular complexity index is 516. The zero-order valence-corrected chi connectivity index (χ0v) is 10.5. The van der Waals surface area contributed by atoms with Gasteiger partial charge in [-0.3, -0.25) is 4.68 Å². The quantitative estimate of drug-likeness (QED) is 0.820. The molecule has 2 N–H and O–H groups in total. The van der Waals surface area contributed by atoms with E-state index in [0.29, 0.717) is 0 Å². The molecule has 0 saturated heterocycles. The Morgan fingerprint density at radius 2 is 2.12 bits per heavy atom. The Kier molecular flexibility index (Phi) is 3.04. The van der Waals surface area contributed by atoms with Gasteiger partial charge in [-0.25, -0.2) is 0 Å². The van der Waals surface area contributed by atoms with Crippen molar-refractivity contribution in [1.29, 1.82) is 0 Å². The van der Waals surface area contributed by atoms with Gasteiger partial charge in [-0.2, -0.15) is 5.10 Å². The van der Waals surface area contributed by atoms with Crippen LogP contribution < -0.4 is 10.6 Å². The van der Waals surface area contributed by atoms with E-state index in [0.717, 1.165) is 23.6 Å². The van der Waals surface area contributed by atoms with Crippen molar-refractivity contribution in [3.05, 3.63) is 41.7 Å². The number of nitrogens with zero attached hydrogens (tertiary/aromatic N) is 3. The van der Waals surface area contributed by atoms with Crippen molar-refractivity contribution in [1.82, 2.24) is 9.78 Å². The van der Waals surface area contributed by atoms with Crippen molar-refractivity contribution in [3.63, 3.8) is 0 Å². The minimum atomic E-state index is 0.788. The molecule has 0 aliphatic carbocycles. The second kappa shape index (κ2) is 4.49. The van der Waals surface area contributed by atoms with Crippen LogP contribution in [0.2, 0.25) is 0 Å². The van der Waals surface area contributed by atoms with Gasteiger partial charge in [0.1, 0.15) is 0 Å². The van der Waals surface area contributed by atoms with Crippen molar-refractivity contribution in [3.8, 4) is 0 Å². The number of nitrogens with two attached hydrogens (primary N) is 1. The standard InChI is InChI=1S/C13H18N4/c1-10-7-13(17(3)15-10)9-16(2)12-6-4-5-11(14)8-12/h4-8H,9,14H2,1-3H3. The summed E-state index contributed by atoms with van der Waals surface area (Å²) >= 11 is 0. The molecule has 90 valence electrons. The molecule has 0 atom stereocenters. The van der Waals surface area contributed by atoms with Crippen LogP contribution >= 0.6 is 0 Å². The number of hydrogen-bond acceptors (Lipinski definition) is 3. The summed E-state index contributed by atoms with van der Waals surface area (Å²) in [6, 6.07) is 9.99. The summed E-state index contributed by atoms with van der Waals surface area (Å²) in [6.07, 6.45) is 0. The van der Waals surface area contributed by atoms with Crippen LogP contribution in [0.3, 0.4) is 0 Å². The summed E-state index contributed by atoms with van der Waals surface area (Å²) in [7, 11) is 4.02. The zero-order chi connectivity index (χ0) is 12.4. The molecule has 0 unspecified atom stereocenters. The van der Waals surface area contributed by atoms with Crippen LogP contribution in [-0.2, 0) is 13.6 Å². The van der Waals surface area contributed by atoms with Crippen molar-refractivity contribution in [2.75, 3.05) is 17.7 Å². The third kappa shape index (κ3) is 2.58. The molecule has 1 aromatic carbocycles. The summed E-state index contributed by atoms with van der Waals surface area (Å²) in [5, 5.41) is 4.34. The van der Waals surface area contributed by atoms with Crippen LogP contribution in [-0.4, -0.2) is 16.8 Å². The van der Waals surface area contributed by atoms with Gasteiger partial charge in [0.15, 0.2) is 0 Å². The molecule has 0 amide bonds. The first-order valence-corrected chi connectivity index (χ1v) is 5.62. The molecular weight excluding hydrogens is 212 g/mol. The number of benzene rings is 1. The van der Waals surface area contributed by atoms with Gasteiger partial charge >= 0.3 is 0 Å². The number of aromatic nitrogens is 2. The summed E-state index contributed by atoms with van der Waals surface area (Å²) in [5.74, 6) is 0. The molecule has 17 heavy (non-hydrogen) atoms. The Balaban J connectivity index is 2.16. The van der Waals surface area contributed by atoms with Gasteiger partial charge in [0, 0.05) is 25.5 Å². The van der Waals surface area contributed by atoms with Gasteiger partial charge < -0.3 is 10.6 Å². The van der Waals surface area contributed by atoms with E-state index >= 15 is 0 Å². The van der Waals surface area contributed by atoms with Crippen LogP contribution in [0.1, 0.15) is 11.4 Å². The minimum absolute atomic E-state index is 0.788. The third-order valence-electron chi connectivity index (χ3n) is 2.81. The largest absolute Gasteiger partial charge is 0.399 e. The van der Waals surface area contributed by atoms with Crippen LogP contribution in [0.4, 0.5) is 11.4 Å². The molecule has 0 fully saturated rings. The van der Waals surface area contributed by atoms with E-state index in [4.69, 9.17) is 5.73 Å². The van der Waals surface area contributed by atoms with E-state index in [1.807, 2.05) is 36.9 Å². The fourth-order valence-electron chi connectivity index (χ4n) is 1.91. The molecular formula is C13H18N4. The van der Waals surface area contributed by atoms with Gasteiger partial charge in [0.25, 0.3) is 0 Å². The highest BCUT2D eigenvalue weighted by Gasteiger charge is 2.06. The van der Waals surface area contributed by atoms with E-state index in [1.165, 1.54) is 5.69 Å². The Labute approximate surface area is 102 Å². The van der Waals surface area contributed by atoms with E-state index < -0.39 is 0 Å². The molecule has 4 heteroatoms. The summed E-state index contributed by atoms with van der Waals surface area (Å²) in [4.78, 5) is 2.16. The minimum Gasteiger partial charge on any atom is -0.399 e. The summed E-state index contributed by atoms with van der Waals surface area (Å²) < 4.78 is 1.91. The number of anilines is 2. The first kappa shape index (κ1) is 11.5. The second-order valence-corrected chi connectivity index (χ2v) is 4.35. The lowest BCUT2D eigenvalue weighted by Crippen LogP contribution is -2.18. The average molecular weight is 230 g/mol.